The lowest BCUT2D eigenvalue weighted by Crippen LogP contribution is -2.37. The van der Waals surface area contributed by atoms with E-state index in [1.54, 1.807) is 20.8 Å². The van der Waals surface area contributed by atoms with Gasteiger partial charge in [0.05, 0.1) is 0 Å². The van der Waals surface area contributed by atoms with Crippen molar-refractivity contribution in [2.24, 2.45) is 4.99 Å². The van der Waals surface area contributed by atoms with Crippen molar-refractivity contribution in [3.05, 3.63) is 29.6 Å². The van der Waals surface area contributed by atoms with Crippen LogP contribution in [0, 0.1) is 5.82 Å². The van der Waals surface area contributed by atoms with Gasteiger partial charge >= 0.3 is 6.09 Å². The minimum Gasteiger partial charge on any atom is -0.443 e. The van der Waals surface area contributed by atoms with Crippen LogP contribution in [0.1, 0.15) is 27.7 Å². The van der Waals surface area contributed by atoms with Crippen molar-refractivity contribution in [2.75, 3.05) is 12.0 Å². The monoisotopic (exact) mass is 255 g/mol. The van der Waals surface area contributed by atoms with Crippen molar-refractivity contribution < 1.29 is 13.9 Å². The summed E-state index contributed by atoms with van der Waals surface area (Å²) in [4.78, 5) is 15.6. The van der Waals surface area contributed by atoms with Crippen molar-refractivity contribution in [2.45, 2.75) is 33.3 Å². The van der Waals surface area contributed by atoms with Crippen molar-refractivity contribution in [1.82, 2.24) is 4.68 Å². The molecule has 5 nitrogen and oxygen atoms in total. The first-order chi connectivity index (χ1) is 8.31. The van der Waals surface area contributed by atoms with Gasteiger partial charge in [0.2, 0.25) is 0 Å². The van der Waals surface area contributed by atoms with Crippen molar-refractivity contribution >= 4 is 6.09 Å². The summed E-state index contributed by atoms with van der Waals surface area (Å²) in [5.74, 6) is -0.413. The maximum absolute atomic E-state index is 13.1. The molecule has 6 heteroatoms. The molecule has 0 atom stereocenters. The average molecular weight is 255 g/mol. The number of halogens is 1. The highest BCUT2D eigenvalue weighted by Crippen LogP contribution is 2.06. The van der Waals surface area contributed by atoms with Gasteiger partial charge in [-0.2, -0.15) is 0 Å². The van der Waals surface area contributed by atoms with Gasteiger partial charge in [0.1, 0.15) is 16.9 Å². The number of pyridine rings is 1. The van der Waals surface area contributed by atoms with E-state index in [2.05, 4.69) is 10.4 Å². The molecule has 0 bridgehead atoms. The number of carbonyl (C=O) groups excluding carboxylic acids is 1. The van der Waals surface area contributed by atoms with Gasteiger partial charge in [-0.25, -0.2) is 19.3 Å². The molecule has 0 radical (unpaired) electrons. The van der Waals surface area contributed by atoms with Crippen LogP contribution in [-0.2, 0) is 4.74 Å². The van der Waals surface area contributed by atoms with E-state index in [0.29, 0.717) is 12.0 Å². The predicted molar refractivity (Wildman–Crippen MR) is 66.1 cm³/mol. The van der Waals surface area contributed by atoms with Crippen molar-refractivity contribution in [1.29, 1.82) is 0 Å². The highest BCUT2D eigenvalue weighted by molar-refractivity contribution is 5.76. The number of carbonyl (C=O) groups is 1. The first-order valence-electron chi connectivity index (χ1n) is 5.70. The van der Waals surface area contributed by atoms with Crippen molar-refractivity contribution in [3.8, 4) is 0 Å². The fraction of sp³-hybridized carbons (Fsp3) is 0.500. The molecule has 1 rings (SSSR count). The lowest BCUT2D eigenvalue weighted by Gasteiger charge is -2.20. The third-order valence-electron chi connectivity index (χ3n) is 1.83. The quantitative estimate of drug-likeness (QED) is 0.879. The first-order valence-corrected chi connectivity index (χ1v) is 5.70. The summed E-state index contributed by atoms with van der Waals surface area (Å²) >= 11 is 0. The van der Waals surface area contributed by atoms with Gasteiger partial charge in [0.25, 0.3) is 0 Å². The molecule has 1 amide bonds. The molecule has 1 N–H and O–H groups in total. The SMILES string of the molecule is CCN=c1cc(F)ccn1NC(=O)OC(C)(C)C. The molecule has 0 fully saturated rings. The molecule has 1 aromatic rings. The molecular weight excluding hydrogens is 237 g/mol. The highest BCUT2D eigenvalue weighted by Gasteiger charge is 2.16. The summed E-state index contributed by atoms with van der Waals surface area (Å²) in [6.45, 7) is 7.60. The number of aromatic nitrogens is 1. The zero-order chi connectivity index (χ0) is 13.8. The number of nitrogens with one attached hydrogen (secondary N) is 1. The van der Waals surface area contributed by atoms with Crippen LogP contribution >= 0.6 is 0 Å². The van der Waals surface area contributed by atoms with E-state index in [4.69, 9.17) is 4.74 Å². The fourth-order valence-electron chi connectivity index (χ4n) is 1.24. The molecule has 0 saturated heterocycles. The number of hydrogen-bond acceptors (Lipinski definition) is 3. The molecule has 0 aromatic carbocycles. The third kappa shape index (κ3) is 4.57. The first kappa shape index (κ1) is 14.2. The van der Waals surface area contributed by atoms with E-state index < -0.39 is 17.5 Å². The van der Waals surface area contributed by atoms with Crippen LogP contribution in [0.15, 0.2) is 23.3 Å². The summed E-state index contributed by atoms with van der Waals surface area (Å²) < 4.78 is 19.5. The molecular formula is C12H18FN3O2. The predicted octanol–water partition coefficient (Wildman–Crippen LogP) is 2.03. The summed E-state index contributed by atoms with van der Waals surface area (Å²) in [5.41, 5.74) is 2.21. The summed E-state index contributed by atoms with van der Waals surface area (Å²) in [6, 6.07) is 2.47. The normalized spacial score (nSPS) is 12.4. The largest absolute Gasteiger partial charge is 0.443 e. The highest BCUT2D eigenvalue weighted by atomic mass is 19.1. The van der Waals surface area contributed by atoms with Crippen LogP contribution in [0.2, 0.25) is 0 Å². The number of rotatable bonds is 2. The Kier molecular flexibility index (Phi) is 4.47. The van der Waals surface area contributed by atoms with Crippen LogP contribution < -0.4 is 10.9 Å². The van der Waals surface area contributed by atoms with Gasteiger partial charge < -0.3 is 4.74 Å². The Morgan fingerprint density at radius 1 is 1.56 bits per heavy atom. The van der Waals surface area contributed by atoms with E-state index in [0.717, 1.165) is 0 Å². The van der Waals surface area contributed by atoms with Crippen molar-refractivity contribution in [3.63, 3.8) is 0 Å². The van der Waals surface area contributed by atoms with Crippen LogP contribution in [0.4, 0.5) is 9.18 Å². The second-order valence-corrected chi connectivity index (χ2v) is 4.66. The zero-order valence-electron chi connectivity index (χ0n) is 11.0. The lowest BCUT2D eigenvalue weighted by molar-refractivity contribution is 0.0611. The zero-order valence-corrected chi connectivity index (χ0v) is 11.0. The molecule has 0 aliphatic carbocycles. The standard InChI is InChI=1S/C12H18FN3O2/c1-5-14-10-8-9(13)6-7-16(10)15-11(17)18-12(2,3)4/h6-8H,5H2,1-4H3,(H,15,17). The molecule has 0 unspecified atom stereocenters. The Bertz CT molecular complexity index is 489. The van der Waals surface area contributed by atoms with Gasteiger partial charge in [-0.05, 0) is 33.8 Å². The minimum absolute atomic E-state index is 0.323. The maximum Gasteiger partial charge on any atom is 0.427 e. The molecule has 1 heterocycles. The van der Waals surface area contributed by atoms with Crippen LogP contribution in [-0.4, -0.2) is 22.9 Å². The Morgan fingerprint density at radius 2 is 2.22 bits per heavy atom. The molecule has 0 aliphatic rings. The number of ether oxygens (including phenoxy) is 1. The van der Waals surface area contributed by atoms with E-state index >= 15 is 0 Å². The average Bonchev–Trinajstić information content (AvgIpc) is 2.20. The topological polar surface area (TPSA) is 55.6 Å². The van der Waals surface area contributed by atoms with Crippen LogP contribution in [0.5, 0.6) is 0 Å². The van der Waals surface area contributed by atoms with Crippen LogP contribution in [0.25, 0.3) is 0 Å². The minimum atomic E-state index is -0.619. The van der Waals surface area contributed by atoms with Crippen LogP contribution in [0.3, 0.4) is 0 Å². The maximum atomic E-state index is 13.1. The van der Waals surface area contributed by atoms with E-state index in [1.807, 2.05) is 6.92 Å². The number of hydrogen-bond donors (Lipinski definition) is 1. The van der Waals surface area contributed by atoms with Gasteiger partial charge in [-0.15, -0.1) is 0 Å². The van der Waals surface area contributed by atoms with Gasteiger partial charge in [0, 0.05) is 18.8 Å². The summed E-state index contributed by atoms with van der Waals surface area (Å²) in [7, 11) is 0. The lowest BCUT2D eigenvalue weighted by atomic mass is 10.2. The van der Waals surface area contributed by atoms with Gasteiger partial charge in [0.15, 0.2) is 0 Å². The van der Waals surface area contributed by atoms with E-state index in [1.165, 1.54) is 23.0 Å². The summed E-state index contributed by atoms with van der Waals surface area (Å²) in [6.07, 6.45) is 0.764. The smallest absolute Gasteiger partial charge is 0.427 e. The number of amides is 1. The fourth-order valence-corrected chi connectivity index (χ4v) is 1.24. The Morgan fingerprint density at radius 3 is 2.78 bits per heavy atom. The third-order valence-corrected chi connectivity index (χ3v) is 1.83. The number of nitrogens with zero attached hydrogens (tertiary/aromatic N) is 2. The molecule has 18 heavy (non-hydrogen) atoms. The second-order valence-electron chi connectivity index (χ2n) is 4.66. The summed E-state index contributed by atoms with van der Waals surface area (Å²) in [5, 5.41) is 0. The Hall–Kier alpha value is -1.85. The molecule has 0 spiro atoms. The Labute approximate surface area is 105 Å². The second kappa shape index (κ2) is 5.66. The molecule has 1 aromatic heterocycles. The molecule has 0 aliphatic heterocycles. The van der Waals surface area contributed by atoms with E-state index in [-0.39, 0.29) is 0 Å². The van der Waals surface area contributed by atoms with Gasteiger partial charge in [-0.1, -0.05) is 0 Å². The van der Waals surface area contributed by atoms with E-state index in [9.17, 15) is 9.18 Å². The molecule has 100 valence electrons. The van der Waals surface area contributed by atoms with Gasteiger partial charge in [-0.3, -0.25) is 4.99 Å². The molecule has 0 saturated carbocycles. The Balaban J connectivity index is 2.91.